The van der Waals surface area contributed by atoms with Crippen molar-refractivity contribution in [3.05, 3.63) is 29.8 Å². The fourth-order valence-corrected chi connectivity index (χ4v) is 1.40. The Labute approximate surface area is 112 Å². The molecule has 1 aromatic carbocycles. The number of carbonyl (C=O) groups is 2. The van der Waals surface area contributed by atoms with Crippen molar-refractivity contribution in [2.24, 2.45) is 0 Å². The minimum Gasteiger partial charge on any atom is -0.473 e. The number of esters is 1. The summed E-state index contributed by atoms with van der Waals surface area (Å²) < 4.78 is 9.84. The molecule has 0 saturated carbocycles. The molecular formula is C13H18N2O4. The Morgan fingerprint density at radius 3 is 2.63 bits per heavy atom. The number of aryl methyl sites for hydroxylation is 1. The van der Waals surface area contributed by atoms with E-state index in [0.717, 1.165) is 17.7 Å². The molecule has 6 nitrogen and oxygen atoms in total. The van der Waals surface area contributed by atoms with Crippen LogP contribution in [0.15, 0.2) is 24.3 Å². The summed E-state index contributed by atoms with van der Waals surface area (Å²) in [5.41, 5.74) is 1.07. The summed E-state index contributed by atoms with van der Waals surface area (Å²) in [5, 5.41) is 4.83. The molecule has 1 aromatic rings. The minimum atomic E-state index is -0.507. The average molecular weight is 266 g/mol. The van der Waals surface area contributed by atoms with Crippen LogP contribution in [0.2, 0.25) is 0 Å². The second-order valence-corrected chi connectivity index (χ2v) is 3.69. The second kappa shape index (κ2) is 7.97. The highest BCUT2D eigenvalue weighted by Gasteiger charge is 2.05. The van der Waals surface area contributed by atoms with Gasteiger partial charge in [0.2, 0.25) is 0 Å². The lowest BCUT2D eigenvalue weighted by Crippen LogP contribution is -2.40. The third kappa shape index (κ3) is 5.29. The number of para-hydroxylation sites is 1. The van der Waals surface area contributed by atoms with Crippen LogP contribution in [-0.4, -0.2) is 32.4 Å². The molecule has 0 unspecified atom stereocenters. The normalized spacial score (nSPS) is 9.58. The van der Waals surface area contributed by atoms with Crippen LogP contribution in [0.25, 0.3) is 0 Å². The average Bonchev–Trinajstić information content (AvgIpc) is 2.45. The molecule has 19 heavy (non-hydrogen) atoms. The lowest BCUT2D eigenvalue weighted by Gasteiger charge is -2.11. The number of urea groups is 1. The van der Waals surface area contributed by atoms with Gasteiger partial charge >= 0.3 is 12.0 Å². The summed E-state index contributed by atoms with van der Waals surface area (Å²) >= 11 is 0. The summed E-state index contributed by atoms with van der Waals surface area (Å²) in [6, 6.07) is 7.12. The molecule has 0 saturated heterocycles. The van der Waals surface area contributed by atoms with Gasteiger partial charge in [0.1, 0.15) is 12.3 Å². The molecule has 2 amide bonds. The highest BCUT2D eigenvalue weighted by atomic mass is 16.5. The third-order valence-electron chi connectivity index (χ3n) is 2.43. The Morgan fingerprint density at radius 2 is 1.95 bits per heavy atom. The first-order chi connectivity index (χ1) is 9.17. The fourth-order valence-electron chi connectivity index (χ4n) is 1.40. The van der Waals surface area contributed by atoms with Gasteiger partial charge in [-0.15, -0.1) is 0 Å². The monoisotopic (exact) mass is 266 g/mol. The van der Waals surface area contributed by atoms with Crippen molar-refractivity contribution in [3.63, 3.8) is 0 Å². The molecule has 6 heteroatoms. The van der Waals surface area contributed by atoms with Crippen LogP contribution >= 0.6 is 0 Å². The second-order valence-electron chi connectivity index (χ2n) is 3.69. The summed E-state index contributed by atoms with van der Waals surface area (Å²) in [6.45, 7) is 1.89. The number of amides is 2. The molecule has 0 aliphatic carbocycles. The largest absolute Gasteiger partial charge is 0.473 e. The van der Waals surface area contributed by atoms with E-state index in [1.54, 1.807) is 0 Å². The van der Waals surface area contributed by atoms with Gasteiger partial charge in [-0.05, 0) is 18.1 Å². The van der Waals surface area contributed by atoms with Gasteiger partial charge < -0.3 is 20.1 Å². The van der Waals surface area contributed by atoms with Crippen molar-refractivity contribution in [1.82, 2.24) is 10.6 Å². The van der Waals surface area contributed by atoms with Crippen LogP contribution in [0, 0.1) is 0 Å². The minimum absolute atomic E-state index is 0.0318. The number of hydrogen-bond acceptors (Lipinski definition) is 4. The Morgan fingerprint density at radius 1 is 1.21 bits per heavy atom. The fraction of sp³-hybridized carbons (Fsp3) is 0.385. The predicted octanol–water partition coefficient (Wildman–Crippen LogP) is 1.06. The highest BCUT2D eigenvalue weighted by molar-refractivity contribution is 5.80. The zero-order valence-corrected chi connectivity index (χ0v) is 11.1. The Hall–Kier alpha value is -2.24. The molecule has 0 aromatic heterocycles. The van der Waals surface area contributed by atoms with E-state index in [1.165, 1.54) is 7.11 Å². The van der Waals surface area contributed by atoms with E-state index in [-0.39, 0.29) is 13.3 Å². The molecule has 0 aliphatic rings. The maximum absolute atomic E-state index is 11.3. The molecule has 0 heterocycles. The van der Waals surface area contributed by atoms with E-state index in [2.05, 4.69) is 15.4 Å². The first-order valence-electron chi connectivity index (χ1n) is 5.96. The van der Waals surface area contributed by atoms with Crippen molar-refractivity contribution in [2.75, 3.05) is 20.4 Å². The number of methoxy groups -OCH3 is 1. The summed E-state index contributed by atoms with van der Waals surface area (Å²) in [6.07, 6.45) is 0.852. The van der Waals surface area contributed by atoms with E-state index < -0.39 is 12.0 Å². The van der Waals surface area contributed by atoms with Gasteiger partial charge in [-0.2, -0.15) is 0 Å². The van der Waals surface area contributed by atoms with Gasteiger partial charge in [0, 0.05) is 0 Å². The van der Waals surface area contributed by atoms with Gasteiger partial charge in [-0.25, -0.2) is 4.79 Å². The third-order valence-corrected chi connectivity index (χ3v) is 2.43. The van der Waals surface area contributed by atoms with Crippen molar-refractivity contribution in [3.8, 4) is 5.75 Å². The van der Waals surface area contributed by atoms with E-state index in [9.17, 15) is 9.59 Å². The van der Waals surface area contributed by atoms with E-state index in [0.29, 0.717) is 0 Å². The number of benzene rings is 1. The van der Waals surface area contributed by atoms with E-state index in [4.69, 9.17) is 4.74 Å². The molecule has 0 atom stereocenters. The smallest absolute Gasteiger partial charge is 0.325 e. The molecule has 0 bridgehead atoms. The number of nitrogens with one attached hydrogen (secondary N) is 2. The molecule has 104 valence electrons. The Balaban J connectivity index is 2.30. The van der Waals surface area contributed by atoms with Crippen LogP contribution in [0.5, 0.6) is 5.75 Å². The number of hydrogen-bond donors (Lipinski definition) is 2. The summed E-state index contributed by atoms with van der Waals surface area (Å²) in [4.78, 5) is 22.1. The topological polar surface area (TPSA) is 76.7 Å². The standard InChI is InChI=1S/C13H18N2O4/c1-3-10-6-4-5-7-11(10)19-9-15-13(17)14-8-12(16)18-2/h4-7H,3,8-9H2,1-2H3,(H2,14,15,17). The maximum Gasteiger partial charge on any atom is 0.325 e. The van der Waals surface area contributed by atoms with Crippen molar-refractivity contribution < 1.29 is 19.1 Å². The van der Waals surface area contributed by atoms with Crippen molar-refractivity contribution in [1.29, 1.82) is 0 Å². The molecule has 0 fully saturated rings. The lowest BCUT2D eigenvalue weighted by atomic mass is 10.1. The first-order valence-corrected chi connectivity index (χ1v) is 5.96. The molecular weight excluding hydrogens is 248 g/mol. The molecule has 0 radical (unpaired) electrons. The van der Waals surface area contributed by atoms with Gasteiger partial charge in [0.05, 0.1) is 7.11 Å². The van der Waals surface area contributed by atoms with Gasteiger partial charge in [0.15, 0.2) is 6.73 Å². The number of carbonyl (C=O) groups excluding carboxylic acids is 2. The van der Waals surface area contributed by atoms with Crippen LogP contribution < -0.4 is 15.4 Å². The predicted molar refractivity (Wildman–Crippen MR) is 69.9 cm³/mol. The SMILES string of the molecule is CCc1ccccc1OCNC(=O)NCC(=O)OC. The van der Waals surface area contributed by atoms with Crippen molar-refractivity contribution >= 4 is 12.0 Å². The van der Waals surface area contributed by atoms with Crippen LogP contribution in [0.3, 0.4) is 0 Å². The number of rotatable bonds is 6. The van der Waals surface area contributed by atoms with Gasteiger partial charge in [-0.3, -0.25) is 4.79 Å². The first kappa shape index (κ1) is 14.8. The molecule has 0 aliphatic heterocycles. The molecule has 2 N–H and O–H groups in total. The Kier molecular flexibility index (Phi) is 6.21. The number of ether oxygens (including phenoxy) is 2. The lowest BCUT2D eigenvalue weighted by molar-refractivity contribution is -0.139. The van der Waals surface area contributed by atoms with E-state index in [1.807, 2.05) is 31.2 Å². The van der Waals surface area contributed by atoms with E-state index >= 15 is 0 Å². The Bertz CT molecular complexity index is 434. The zero-order chi connectivity index (χ0) is 14.1. The van der Waals surface area contributed by atoms with Crippen LogP contribution in [-0.2, 0) is 16.0 Å². The summed E-state index contributed by atoms with van der Waals surface area (Å²) in [7, 11) is 1.26. The van der Waals surface area contributed by atoms with Crippen LogP contribution in [0.1, 0.15) is 12.5 Å². The zero-order valence-electron chi connectivity index (χ0n) is 11.1. The van der Waals surface area contributed by atoms with Crippen molar-refractivity contribution in [2.45, 2.75) is 13.3 Å². The molecule has 1 rings (SSSR count). The highest BCUT2D eigenvalue weighted by Crippen LogP contribution is 2.17. The van der Waals surface area contributed by atoms with Gasteiger partial charge in [0.25, 0.3) is 0 Å². The van der Waals surface area contributed by atoms with Gasteiger partial charge in [-0.1, -0.05) is 25.1 Å². The molecule has 0 spiro atoms. The summed E-state index contributed by atoms with van der Waals surface area (Å²) in [5.74, 6) is 0.227. The quantitative estimate of drug-likeness (QED) is 0.596. The van der Waals surface area contributed by atoms with Crippen LogP contribution in [0.4, 0.5) is 4.79 Å². The maximum atomic E-state index is 11.3.